The molecule has 0 unspecified atom stereocenters. The number of nitrogens with two attached hydrogens (primary N) is 1. The SMILES string of the molecule is NNc1cc(N2CCOCC2)nc(-c2ccccc2)n1. The minimum Gasteiger partial charge on any atom is -0.378 e. The molecule has 2 aromatic rings. The van der Waals surface area contributed by atoms with Crippen LogP contribution < -0.4 is 16.2 Å². The summed E-state index contributed by atoms with van der Waals surface area (Å²) in [5.74, 6) is 7.66. The van der Waals surface area contributed by atoms with Gasteiger partial charge in [-0.2, -0.15) is 0 Å². The first-order valence-corrected chi connectivity index (χ1v) is 6.60. The summed E-state index contributed by atoms with van der Waals surface area (Å²) < 4.78 is 5.37. The molecule has 0 radical (unpaired) electrons. The van der Waals surface area contributed by atoms with Crippen LogP contribution >= 0.6 is 0 Å². The molecule has 0 spiro atoms. The van der Waals surface area contributed by atoms with Crippen molar-refractivity contribution in [3.63, 3.8) is 0 Å². The second-order valence-corrected chi connectivity index (χ2v) is 4.54. The summed E-state index contributed by atoms with van der Waals surface area (Å²) in [5.41, 5.74) is 3.58. The third kappa shape index (κ3) is 2.71. The highest BCUT2D eigenvalue weighted by Crippen LogP contribution is 2.22. The van der Waals surface area contributed by atoms with Crippen molar-refractivity contribution in [1.29, 1.82) is 0 Å². The predicted octanol–water partition coefficient (Wildman–Crippen LogP) is 1.27. The van der Waals surface area contributed by atoms with Crippen LogP contribution in [0.4, 0.5) is 11.6 Å². The average molecular weight is 271 g/mol. The quantitative estimate of drug-likeness (QED) is 0.646. The van der Waals surface area contributed by atoms with Gasteiger partial charge in [0.25, 0.3) is 0 Å². The first-order chi connectivity index (χ1) is 9.86. The van der Waals surface area contributed by atoms with Crippen molar-refractivity contribution in [3.8, 4) is 11.4 Å². The first-order valence-electron chi connectivity index (χ1n) is 6.60. The third-order valence-corrected chi connectivity index (χ3v) is 3.23. The number of nitrogen functional groups attached to an aromatic ring is 1. The Morgan fingerprint density at radius 3 is 2.55 bits per heavy atom. The van der Waals surface area contributed by atoms with E-state index < -0.39 is 0 Å². The smallest absolute Gasteiger partial charge is 0.163 e. The standard InChI is InChI=1S/C14H17N5O/c15-18-12-10-13(19-6-8-20-9-7-19)17-14(16-12)11-4-2-1-3-5-11/h1-5,10H,6-9,15H2,(H,16,17,18). The van der Waals surface area contributed by atoms with E-state index in [1.807, 2.05) is 36.4 Å². The lowest BCUT2D eigenvalue weighted by Crippen LogP contribution is -2.37. The molecule has 0 bridgehead atoms. The van der Waals surface area contributed by atoms with Gasteiger partial charge in [0.05, 0.1) is 13.2 Å². The maximum Gasteiger partial charge on any atom is 0.163 e. The number of nitrogens with one attached hydrogen (secondary N) is 1. The summed E-state index contributed by atoms with van der Waals surface area (Å²) in [4.78, 5) is 11.2. The minimum absolute atomic E-state index is 0.611. The zero-order chi connectivity index (χ0) is 13.8. The largest absolute Gasteiger partial charge is 0.378 e. The fraction of sp³-hybridized carbons (Fsp3) is 0.286. The van der Waals surface area contributed by atoms with Crippen molar-refractivity contribution in [2.24, 2.45) is 5.84 Å². The summed E-state index contributed by atoms with van der Waals surface area (Å²) in [5, 5.41) is 0. The van der Waals surface area contributed by atoms with Crippen molar-refractivity contribution < 1.29 is 4.74 Å². The number of hydrogen-bond acceptors (Lipinski definition) is 6. The van der Waals surface area contributed by atoms with E-state index >= 15 is 0 Å². The van der Waals surface area contributed by atoms with Crippen LogP contribution in [-0.4, -0.2) is 36.3 Å². The van der Waals surface area contributed by atoms with Crippen LogP contribution in [0.25, 0.3) is 11.4 Å². The normalized spacial score (nSPS) is 15.2. The van der Waals surface area contributed by atoms with E-state index in [4.69, 9.17) is 10.6 Å². The van der Waals surface area contributed by atoms with E-state index in [1.165, 1.54) is 0 Å². The lowest BCUT2D eigenvalue weighted by atomic mass is 10.2. The van der Waals surface area contributed by atoms with Gasteiger partial charge in [-0.05, 0) is 0 Å². The maximum atomic E-state index is 5.51. The van der Waals surface area contributed by atoms with Crippen molar-refractivity contribution >= 4 is 11.6 Å². The van der Waals surface area contributed by atoms with E-state index in [0.717, 1.165) is 37.7 Å². The second kappa shape index (κ2) is 5.85. The molecular weight excluding hydrogens is 254 g/mol. The number of benzene rings is 1. The van der Waals surface area contributed by atoms with Gasteiger partial charge in [-0.15, -0.1) is 0 Å². The van der Waals surface area contributed by atoms with Gasteiger partial charge in [-0.25, -0.2) is 15.8 Å². The van der Waals surface area contributed by atoms with Gasteiger partial charge in [-0.1, -0.05) is 30.3 Å². The summed E-state index contributed by atoms with van der Waals surface area (Å²) in [6.45, 7) is 3.09. The van der Waals surface area contributed by atoms with E-state index in [2.05, 4.69) is 20.3 Å². The van der Waals surface area contributed by atoms with E-state index in [0.29, 0.717) is 11.6 Å². The van der Waals surface area contributed by atoms with E-state index in [-0.39, 0.29) is 0 Å². The lowest BCUT2D eigenvalue weighted by Gasteiger charge is -2.28. The van der Waals surface area contributed by atoms with E-state index in [1.54, 1.807) is 0 Å². The average Bonchev–Trinajstić information content (AvgIpc) is 2.56. The molecule has 3 rings (SSSR count). The Morgan fingerprint density at radius 2 is 1.85 bits per heavy atom. The number of ether oxygens (including phenoxy) is 1. The lowest BCUT2D eigenvalue weighted by molar-refractivity contribution is 0.122. The van der Waals surface area contributed by atoms with Gasteiger partial charge in [0, 0.05) is 24.7 Å². The van der Waals surface area contributed by atoms with Gasteiger partial charge in [-0.3, -0.25) is 0 Å². The fourth-order valence-electron chi connectivity index (χ4n) is 2.18. The molecule has 1 aliphatic rings. The number of morpholine rings is 1. The van der Waals surface area contributed by atoms with Gasteiger partial charge in [0.1, 0.15) is 11.6 Å². The van der Waals surface area contributed by atoms with Crippen molar-refractivity contribution in [3.05, 3.63) is 36.4 Å². The summed E-state index contributed by atoms with van der Waals surface area (Å²) in [6, 6.07) is 11.7. The molecule has 1 saturated heterocycles. The molecule has 1 aromatic heterocycles. The molecule has 2 heterocycles. The zero-order valence-electron chi connectivity index (χ0n) is 11.1. The van der Waals surface area contributed by atoms with Crippen LogP contribution in [0.5, 0.6) is 0 Å². The Kier molecular flexibility index (Phi) is 3.76. The summed E-state index contributed by atoms with van der Waals surface area (Å²) >= 11 is 0. The highest BCUT2D eigenvalue weighted by molar-refractivity contribution is 5.61. The highest BCUT2D eigenvalue weighted by Gasteiger charge is 2.15. The number of aromatic nitrogens is 2. The molecule has 0 saturated carbocycles. The molecule has 104 valence electrons. The van der Waals surface area contributed by atoms with Crippen LogP contribution in [0.3, 0.4) is 0 Å². The number of hydrogen-bond donors (Lipinski definition) is 2. The van der Waals surface area contributed by atoms with Gasteiger partial charge < -0.3 is 15.1 Å². The highest BCUT2D eigenvalue weighted by atomic mass is 16.5. The first kappa shape index (κ1) is 12.8. The van der Waals surface area contributed by atoms with Crippen LogP contribution in [0.1, 0.15) is 0 Å². The minimum atomic E-state index is 0.611. The molecule has 1 fully saturated rings. The maximum absolute atomic E-state index is 5.51. The Morgan fingerprint density at radius 1 is 1.10 bits per heavy atom. The van der Waals surface area contributed by atoms with Crippen LogP contribution in [0, 0.1) is 0 Å². The van der Waals surface area contributed by atoms with Gasteiger partial charge in [0.15, 0.2) is 5.82 Å². The number of hydrazine groups is 1. The predicted molar refractivity (Wildman–Crippen MR) is 78.3 cm³/mol. The zero-order valence-corrected chi connectivity index (χ0v) is 11.1. The Hall–Kier alpha value is -2.18. The van der Waals surface area contributed by atoms with Gasteiger partial charge >= 0.3 is 0 Å². The molecule has 1 aliphatic heterocycles. The summed E-state index contributed by atoms with van der Waals surface area (Å²) in [7, 11) is 0. The molecule has 1 aromatic carbocycles. The molecule has 0 atom stereocenters. The monoisotopic (exact) mass is 271 g/mol. The topological polar surface area (TPSA) is 76.3 Å². The molecule has 6 heteroatoms. The molecule has 6 nitrogen and oxygen atoms in total. The van der Waals surface area contributed by atoms with Gasteiger partial charge in [0.2, 0.25) is 0 Å². The van der Waals surface area contributed by atoms with Crippen LogP contribution in [0.15, 0.2) is 36.4 Å². The van der Waals surface area contributed by atoms with Crippen molar-refractivity contribution in [1.82, 2.24) is 9.97 Å². The molecule has 3 N–H and O–H groups in total. The Labute approximate surface area is 117 Å². The fourth-order valence-corrected chi connectivity index (χ4v) is 2.18. The number of anilines is 2. The van der Waals surface area contributed by atoms with Crippen LogP contribution in [0.2, 0.25) is 0 Å². The second-order valence-electron chi connectivity index (χ2n) is 4.54. The van der Waals surface area contributed by atoms with Crippen molar-refractivity contribution in [2.45, 2.75) is 0 Å². The molecular formula is C14H17N5O. The Bertz CT molecular complexity index is 569. The third-order valence-electron chi connectivity index (χ3n) is 3.23. The summed E-state index contributed by atoms with van der Waals surface area (Å²) in [6.07, 6.45) is 0. The van der Waals surface area contributed by atoms with Crippen LogP contribution in [-0.2, 0) is 4.74 Å². The molecule has 0 amide bonds. The number of nitrogens with zero attached hydrogens (tertiary/aromatic N) is 3. The number of rotatable bonds is 3. The van der Waals surface area contributed by atoms with E-state index in [9.17, 15) is 0 Å². The van der Waals surface area contributed by atoms with Crippen molar-refractivity contribution in [2.75, 3.05) is 36.6 Å². The molecule has 0 aliphatic carbocycles. The Balaban J connectivity index is 1.98. The molecule has 20 heavy (non-hydrogen) atoms.